The molecule has 28 heavy (non-hydrogen) atoms. The first-order chi connectivity index (χ1) is 13.3. The summed E-state index contributed by atoms with van der Waals surface area (Å²) in [6, 6.07) is 16.0. The Morgan fingerprint density at radius 1 is 1.07 bits per heavy atom. The van der Waals surface area contributed by atoms with Crippen LogP contribution in [-0.2, 0) is 17.5 Å². The molecule has 0 aliphatic carbocycles. The van der Waals surface area contributed by atoms with Crippen LogP contribution in [0.4, 0.5) is 13.2 Å². The quantitative estimate of drug-likeness (QED) is 0.452. The van der Waals surface area contributed by atoms with Gasteiger partial charge in [-0.2, -0.15) is 13.2 Å². The van der Waals surface area contributed by atoms with Gasteiger partial charge in [0.15, 0.2) is 0 Å². The Kier molecular flexibility index (Phi) is 5.88. The molecule has 0 spiro atoms. The van der Waals surface area contributed by atoms with Crippen LogP contribution in [-0.4, -0.2) is 33.1 Å². The largest absolute Gasteiger partial charge is 0.451 e. The lowest BCUT2D eigenvalue weighted by Gasteiger charge is -2.21. The molecule has 1 aromatic heterocycles. The van der Waals surface area contributed by atoms with E-state index in [4.69, 9.17) is 0 Å². The summed E-state index contributed by atoms with van der Waals surface area (Å²) in [5, 5.41) is 0.0332. The van der Waals surface area contributed by atoms with Crippen molar-refractivity contribution in [3.8, 4) is 0 Å². The summed E-state index contributed by atoms with van der Waals surface area (Å²) in [5.41, 5.74) is 1.17. The minimum Gasteiger partial charge on any atom is -0.340 e. The van der Waals surface area contributed by atoms with Gasteiger partial charge in [0.05, 0.1) is 10.8 Å². The molecule has 1 unspecified atom stereocenters. The number of hydrogen-bond donors (Lipinski definition) is 0. The lowest BCUT2D eigenvalue weighted by molar-refractivity contribution is -0.145. The Morgan fingerprint density at radius 3 is 2.39 bits per heavy atom. The predicted octanol–water partition coefficient (Wildman–Crippen LogP) is 4.79. The average Bonchev–Trinajstić information content (AvgIpc) is 2.67. The molecular formula is C20H18F3N3OS. The maximum absolute atomic E-state index is 13.2. The number of nitrogens with zero attached hydrogens (tertiary/aromatic N) is 3. The van der Waals surface area contributed by atoms with E-state index in [1.54, 1.807) is 37.1 Å². The normalized spacial score (nSPS) is 12.8. The second kappa shape index (κ2) is 8.18. The number of amides is 1. The number of benzene rings is 2. The van der Waals surface area contributed by atoms with Gasteiger partial charge in [-0.05, 0) is 18.6 Å². The third kappa shape index (κ3) is 4.62. The maximum Gasteiger partial charge on any atom is 0.451 e. The number of thioether (sulfide) groups is 1. The fraction of sp³-hybridized carbons (Fsp3) is 0.250. The van der Waals surface area contributed by atoms with E-state index in [-0.39, 0.29) is 16.4 Å². The molecule has 0 saturated carbocycles. The van der Waals surface area contributed by atoms with Crippen LogP contribution in [0.15, 0.2) is 59.6 Å². The summed E-state index contributed by atoms with van der Waals surface area (Å²) < 4.78 is 39.5. The predicted molar refractivity (Wildman–Crippen MR) is 103 cm³/mol. The molecule has 0 aliphatic rings. The van der Waals surface area contributed by atoms with Crippen LogP contribution in [0, 0.1) is 0 Å². The highest BCUT2D eigenvalue weighted by Gasteiger charge is 2.36. The number of halogens is 3. The van der Waals surface area contributed by atoms with Crippen LogP contribution in [0.25, 0.3) is 10.9 Å². The van der Waals surface area contributed by atoms with Crippen molar-refractivity contribution in [3.63, 3.8) is 0 Å². The number of carbonyl (C=O) groups is 1. The SMILES string of the molecule is CC(Sc1nc(C(F)(F)F)nc2ccccc12)C(=O)N(C)Cc1ccccc1. The third-order valence-electron chi connectivity index (χ3n) is 4.10. The lowest BCUT2D eigenvalue weighted by Crippen LogP contribution is -2.32. The molecule has 146 valence electrons. The Balaban J connectivity index is 1.83. The fourth-order valence-electron chi connectivity index (χ4n) is 2.73. The summed E-state index contributed by atoms with van der Waals surface area (Å²) in [5.74, 6) is -1.39. The molecule has 0 aliphatic heterocycles. The molecule has 3 rings (SSSR count). The molecule has 0 fully saturated rings. The lowest BCUT2D eigenvalue weighted by atomic mass is 10.2. The highest BCUT2D eigenvalue weighted by atomic mass is 32.2. The molecule has 3 aromatic rings. The van der Waals surface area contributed by atoms with Gasteiger partial charge in [-0.1, -0.05) is 60.3 Å². The highest BCUT2D eigenvalue weighted by Crippen LogP contribution is 2.34. The summed E-state index contributed by atoms with van der Waals surface area (Å²) >= 11 is 1.01. The van der Waals surface area contributed by atoms with Gasteiger partial charge in [0.25, 0.3) is 0 Å². The molecule has 0 bridgehead atoms. The number of carbonyl (C=O) groups excluding carboxylic acids is 1. The van der Waals surface area contributed by atoms with Gasteiger partial charge in [0.2, 0.25) is 11.7 Å². The molecule has 1 amide bonds. The minimum atomic E-state index is -4.66. The maximum atomic E-state index is 13.2. The Bertz CT molecular complexity index is 979. The Labute approximate surface area is 164 Å². The van der Waals surface area contributed by atoms with Crippen LogP contribution < -0.4 is 0 Å². The first-order valence-electron chi connectivity index (χ1n) is 8.55. The van der Waals surface area contributed by atoms with Crippen LogP contribution in [0.3, 0.4) is 0 Å². The number of alkyl halides is 3. The molecular weight excluding hydrogens is 387 g/mol. The fourth-order valence-corrected chi connectivity index (χ4v) is 3.78. The number of para-hydroxylation sites is 1. The third-order valence-corrected chi connectivity index (χ3v) is 5.19. The monoisotopic (exact) mass is 405 g/mol. The zero-order valence-corrected chi connectivity index (χ0v) is 16.1. The van der Waals surface area contributed by atoms with Crippen LogP contribution in [0.1, 0.15) is 18.3 Å². The van der Waals surface area contributed by atoms with E-state index in [0.717, 1.165) is 17.3 Å². The summed E-state index contributed by atoms with van der Waals surface area (Å²) in [6.45, 7) is 2.08. The van der Waals surface area contributed by atoms with Gasteiger partial charge < -0.3 is 4.90 Å². The van der Waals surface area contributed by atoms with Gasteiger partial charge in [0, 0.05) is 19.0 Å². The van der Waals surface area contributed by atoms with Crippen molar-refractivity contribution in [1.29, 1.82) is 0 Å². The van der Waals surface area contributed by atoms with Crippen molar-refractivity contribution in [3.05, 3.63) is 66.0 Å². The van der Waals surface area contributed by atoms with E-state index >= 15 is 0 Å². The van der Waals surface area contributed by atoms with Crippen molar-refractivity contribution >= 4 is 28.6 Å². The van der Waals surface area contributed by atoms with Crippen LogP contribution in [0.5, 0.6) is 0 Å². The number of rotatable bonds is 5. The van der Waals surface area contributed by atoms with Gasteiger partial charge in [-0.25, -0.2) is 9.97 Å². The second-order valence-corrected chi connectivity index (χ2v) is 7.64. The zero-order valence-electron chi connectivity index (χ0n) is 15.3. The van der Waals surface area contributed by atoms with Crippen molar-refractivity contribution in [2.24, 2.45) is 0 Å². The highest BCUT2D eigenvalue weighted by molar-refractivity contribution is 8.00. The van der Waals surface area contributed by atoms with Gasteiger partial charge in [-0.15, -0.1) is 0 Å². The van der Waals surface area contributed by atoms with E-state index in [1.807, 2.05) is 30.3 Å². The van der Waals surface area contributed by atoms with Gasteiger partial charge in [-0.3, -0.25) is 4.79 Å². The van der Waals surface area contributed by atoms with Crippen molar-refractivity contribution < 1.29 is 18.0 Å². The van der Waals surface area contributed by atoms with E-state index in [2.05, 4.69) is 9.97 Å². The van der Waals surface area contributed by atoms with Gasteiger partial charge >= 0.3 is 6.18 Å². The summed E-state index contributed by atoms with van der Waals surface area (Å²) in [6.07, 6.45) is -4.66. The second-order valence-electron chi connectivity index (χ2n) is 6.31. The standard InChI is InChI=1S/C20H18F3N3OS/c1-13(18(27)26(2)12-14-8-4-3-5-9-14)28-17-15-10-6-7-11-16(15)24-19(25-17)20(21,22)23/h3-11,13H,12H2,1-2H3. The van der Waals surface area contributed by atoms with Crippen molar-refractivity contribution in [2.45, 2.75) is 29.9 Å². The van der Waals surface area contributed by atoms with E-state index < -0.39 is 17.3 Å². The molecule has 0 saturated heterocycles. The Hall–Kier alpha value is -2.61. The zero-order chi connectivity index (χ0) is 20.3. The van der Waals surface area contributed by atoms with Crippen molar-refractivity contribution in [1.82, 2.24) is 14.9 Å². The first-order valence-corrected chi connectivity index (χ1v) is 9.43. The average molecular weight is 405 g/mol. The van der Waals surface area contributed by atoms with Gasteiger partial charge in [0.1, 0.15) is 5.03 Å². The van der Waals surface area contributed by atoms with Crippen LogP contribution >= 0.6 is 11.8 Å². The summed E-state index contributed by atoms with van der Waals surface area (Å²) in [4.78, 5) is 21.6. The Morgan fingerprint density at radius 2 is 1.71 bits per heavy atom. The molecule has 0 N–H and O–H groups in total. The van der Waals surface area contributed by atoms with E-state index in [1.165, 1.54) is 6.07 Å². The molecule has 1 heterocycles. The topological polar surface area (TPSA) is 46.1 Å². The van der Waals surface area contributed by atoms with Crippen molar-refractivity contribution in [2.75, 3.05) is 7.05 Å². The molecule has 2 aromatic carbocycles. The smallest absolute Gasteiger partial charge is 0.340 e. The van der Waals surface area contributed by atoms with E-state index in [9.17, 15) is 18.0 Å². The van der Waals surface area contributed by atoms with Crippen LogP contribution in [0.2, 0.25) is 0 Å². The molecule has 0 radical (unpaired) electrons. The molecule has 1 atom stereocenters. The number of hydrogen-bond acceptors (Lipinski definition) is 4. The van der Waals surface area contributed by atoms with E-state index in [0.29, 0.717) is 11.9 Å². The summed E-state index contributed by atoms with van der Waals surface area (Å²) in [7, 11) is 1.67. The molecule has 8 heteroatoms. The first kappa shape index (κ1) is 20.1. The minimum absolute atomic E-state index is 0.145. The number of fused-ring (bicyclic) bond motifs is 1. The number of aromatic nitrogens is 2. The molecule has 4 nitrogen and oxygen atoms in total.